The fourth-order valence-corrected chi connectivity index (χ4v) is 3.76. The van der Waals surface area contributed by atoms with Gasteiger partial charge in [-0.2, -0.15) is 0 Å². The molecule has 9 heteroatoms. The molecule has 0 radical (unpaired) electrons. The Labute approximate surface area is 169 Å². The van der Waals surface area contributed by atoms with Gasteiger partial charge in [-0.25, -0.2) is 18.1 Å². The highest BCUT2D eigenvalue weighted by molar-refractivity contribution is 7.89. The van der Waals surface area contributed by atoms with Gasteiger partial charge in [0, 0.05) is 13.1 Å². The Morgan fingerprint density at radius 1 is 1.18 bits per heavy atom. The normalized spacial score (nSPS) is 14.4. The number of nitrogens with one attached hydrogen (secondary N) is 2. The third kappa shape index (κ3) is 5.21. The lowest BCUT2D eigenvalue weighted by Crippen LogP contribution is -2.35. The first kappa shape index (κ1) is 20.6. The summed E-state index contributed by atoms with van der Waals surface area (Å²) in [4.78, 5) is 16.7. The molecule has 3 rings (SSSR count). The van der Waals surface area contributed by atoms with Crippen LogP contribution in [0, 0.1) is 6.92 Å². The highest BCUT2D eigenvalue weighted by atomic mass is 35.5. The van der Waals surface area contributed by atoms with Crippen LogP contribution in [0.15, 0.2) is 41.3 Å². The van der Waals surface area contributed by atoms with E-state index in [9.17, 15) is 13.2 Å². The zero-order valence-electron chi connectivity index (χ0n) is 15.4. The second kappa shape index (κ2) is 8.89. The molecule has 1 aliphatic carbocycles. The molecule has 0 saturated heterocycles. The molecule has 1 saturated carbocycles. The van der Waals surface area contributed by atoms with E-state index in [1.807, 2.05) is 6.92 Å². The van der Waals surface area contributed by atoms with Gasteiger partial charge in [0.2, 0.25) is 15.9 Å². The van der Waals surface area contributed by atoms with Crippen LogP contribution in [0.5, 0.6) is 5.88 Å². The number of aromatic nitrogens is 1. The van der Waals surface area contributed by atoms with Crippen LogP contribution < -0.4 is 14.8 Å². The van der Waals surface area contributed by atoms with Gasteiger partial charge >= 0.3 is 0 Å². The molecule has 1 aliphatic rings. The fraction of sp³-hybridized carbons (Fsp3) is 0.368. The molecule has 1 fully saturated rings. The first-order chi connectivity index (χ1) is 13.3. The summed E-state index contributed by atoms with van der Waals surface area (Å²) < 4.78 is 32.7. The lowest BCUT2D eigenvalue weighted by Gasteiger charge is -2.26. The van der Waals surface area contributed by atoms with Gasteiger partial charge in [0.05, 0.1) is 4.90 Å². The first-order valence-corrected chi connectivity index (χ1v) is 10.9. The van der Waals surface area contributed by atoms with Crippen molar-refractivity contribution in [3.63, 3.8) is 0 Å². The van der Waals surface area contributed by atoms with E-state index >= 15 is 0 Å². The quantitative estimate of drug-likeness (QED) is 0.502. The van der Waals surface area contributed by atoms with Crippen molar-refractivity contribution in [2.45, 2.75) is 37.2 Å². The maximum atomic E-state index is 12.4. The van der Waals surface area contributed by atoms with Crippen molar-refractivity contribution in [2.75, 3.05) is 13.1 Å². The maximum Gasteiger partial charge on any atom is 0.256 e. The van der Waals surface area contributed by atoms with E-state index in [0.29, 0.717) is 0 Å². The van der Waals surface area contributed by atoms with Gasteiger partial charge in [-0.3, -0.25) is 4.79 Å². The van der Waals surface area contributed by atoms with E-state index in [-0.39, 0.29) is 40.7 Å². The average molecular weight is 424 g/mol. The van der Waals surface area contributed by atoms with Crippen LogP contribution in [0.3, 0.4) is 0 Å². The van der Waals surface area contributed by atoms with E-state index in [1.54, 1.807) is 30.3 Å². The van der Waals surface area contributed by atoms with E-state index in [4.69, 9.17) is 16.3 Å². The third-order valence-electron chi connectivity index (χ3n) is 4.44. The lowest BCUT2D eigenvalue weighted by molar-refractivity contribution is 0.0920. The van der Waals surface area contributed by atoms with Crippen LogP contribution in [0.4, 0.5) is 0 Å². The molecular formula is C19H22ClN3O4S. The van der Waals surface area contributed by atoms with Gasteiger partial charge in [-0.1, -0.05) is 29.3 Å². The zero-order chi connectivity index (χ0) is 20.1. The van der Waals surface area contributed by atoms with Crippen molar-refractivity contribution in [3.05, 3.63) is 52.7 Å². The summed E-state index contributed by atoms with van der Waals surface area (Å²) in [5.74, 6) is -0.192. The topological polar surface area (TPSA) is 97.4 Å². The Bertz CT molecular complexity index is 944. The van der Waals surface area contributed by atoms with Crippen molar-refractivity contribution >= 4 is 27.5 Å². The van der Waals surface area contributed by atoms with E-state index in [0.717, 1.165) is 24.8 Å². The van der Waals surface area contributed by atoms with Gasteiger partial charge in [0.15, 0.2) is 0 Å². The van der Waals surface area contributed by atoms with Crippen molar-refractivity contribution in [1.29, 1.82) is 0 Å². The molecule has 0 atom stereocenters. The van der Waals surface area contributed by atoms with E-state index in [2.05, 4.69) is 15.0 Å². The average Bonchev–Trinajstić information content (AvgIpc) is 2.62. The van der Waals surface area contributed by atoms with Crippen molar-refractivity contribution in [1.82, 2.24) is 15.0 Å². The van der Waals surface area contributed by atoms with Crippen LogP contribution in [0.25, 0.3) is 0 Å². The highest BCUT2D eigenvalue weighted by Crippen LogP contribution is 2.27. The van der Waals surface area contributed by atoms with Crippen LogP contribution >= 0.6 is 11.6 Å². The molecule has 1 amide bonds. The molecular weight excluding hydrogens is 402 g/mol. The molecule has 150 valence electrons. The number of hydrogen-bond donors (Lipinski definition) is 2. The smallest absolute Gasteiger partial charge is 0.256 e. The van der Waals surface area contributed by atoms with E-state index < -0.39 is 15.9 Å². The summed E-state index contributed by atoms with van der Waals surface area (Å²) in [6.45, 7) is 2.06. The first-order valence-electron chi connectivity index (χ1n) is 9.03. The van der Waals surface area contributed by atoms with Gasteiger partial charge in [0.1, 0.15) is 16.8 Å². The number of ether oxygens (including phenoxy) is 1. The number of halogens is 1. The predicted molar refractivity (Wildman–Crippen MR) is 106 cm³/mol. The number of carbonyl (C=O) groups is 1. The van der Waals surface area contributed by atoms with Crippen molar-refractivity contribution < 1.29 is 17.9 Å². The SMILES string of the molecule is Cc1ccc(S(=O)(=O)NCCNC(=O)c2ccc(Cl)nc2OC2CCC2)cc1. The molecule has 28 heavy (non-hydrogen) atoms. The molecule has 0 aliphatic heterocycles. The van der Waals surface area contributed by atoms with Gasteiger partial charge < -0.3 is 10.1 Å². The Morgan fingerprint density at radius 3 is 2.54 bits per heavy atom. The maximum absolute atomic E-state index is 12.4. The number of nitrogens with zero attached hydrogens (tertiary/aromatic N) is 1. The van der Waals surface area contributed by atoms with Crippen LogP contribution in [0.1, 0.15) is 35.2 Å². The summed E-state index contributed by atoms with van der Waals surface area (Å²) in [5.41, 5.74) is 1.25. The van der Waals surface area contributed by atoms with Gasteiger partial charge in [-0.05, 0) is 50.5 Å². The number of amides is 1. The number of aryl methyl sites for hydroxylation is 1. The monoisotopic (exact) mass is 423 g/mol. The van der Waals surface area contributed by atoms with Crippen LogP contribution in [-0.4, -0.2) is 38.5 Å². The Balaban J connectivity index is 1.55. The second-order valence-corrected chi connectivity index (χ2v) is 8.78. The fourth-order valence-electron chi connectivity index (χ4n) is 2.58. The Kier molecular flexibility index (Phi) is 6.53. The lowest BCUT2D eigenvalue weighted by atomic mass is 9.96. The Morgan fingerprint density at radius 2 is 1.89 bits per heavy atom. The van der Waals surface area contributed by atoms with Crippen LogP contribution in [0.2, 0.25) is 5.15 Å². The molecule has 2 aromatic rings. The molecule has 2 N–H and O–H groups in total. The predicted octanol–water partition coefficient (Wildman–Crippen LogP) is 2.68. The number of pyridine rings is 1. The summed E-state index contributed by atoms with van der Waals surface area (Å²) in [6.07, 6.45) is 3.00. The molecule has 0 spiro atoms. The molecule has 0 unspecified atom stereocenters. The Hall–Kier alpha value is -2.16. The van der Waals surface area contributed by atoms with Crippen molar-refractivity contribution in [3.8, 4) is 5.88 Å². The molecule has 1 aromatic heterocycles. The molecule has 1 heterocycles. The minimum atomic E-state index is -3.62. The summed E-state index contributed by atoms with van der Waals surface area (Å²) in [6, 6.07) is 9.61. The largest absolute Gasteiger partial charge is 0.474 e. The zero-order valence-corrected chi connectivity index (χ0v) is 17.0. The minimum absolute atomic E-state index is 0.0545. The van der Waals surface area contributed by atoms with E-state index in [1.165, 1.54) is 6.07 Å². The van der Waals surface area contributed by atoms with Gasteiger partial charge in [-0.15, -0.1) is 0 Å². The molecule has 1 aromatic carbocycles. The summed E-state index contributed by atoms with van der Waals surface area (Å²) in [7, 11) is -3.62. The molecule has 7 nitrogen and oxygen atoms in total. The second-order valence-electron chi connectivity index (χ2n) is 6.62. The summed E-state index contributed by atoms with van der Waals surface area (Å²) >= 11 is 5.91. The highest BCUT2D eigenvalue weighted by Gasteiger charge is 2.23. The third-order valence-corrected chi connectivity index (χ3v) is 6.12. The van der Waals surface area contributed by atoms with Gasteiger partial charge in [0.25, 0.3) is 5.91 Å². The number of benzene rings is 1. The minimum Gasteiger partial charge on any atom is -0.474 e. The molecule has 0 bridgehead atoms. The van der Waals surface area contributed by atoms with Crippen molar-refractivity contribution in [2.24, 2.45) is 0 Å². The number of rotatable bonds is 8. The number of carbonyl (C=O) groups excluding carboxylic acids is 1. The summed E-state index contributed by atoms with van der Waals surface area (Å²) in [5, 5.41) is 2.92. The van der Waals surface area contributed by atoms with Crippen LogP contribution in [-0.2, 0) is 10.0 Å². The number of sulfonamides is 1. The number of hydrogen-bond acceptors (Lipinski definition) is 5. The standard InChI is InChI=1S/C19H22ClN3O4S/c1-13-5-7-15(8-6-13)28(25,26)22-12-11-21-18(24)16-9-10-17(20)23-19(16)27-14-3-2-4-14/h5-10,14,22H,2-4,11-12H2,1H3,(H,21,24).